The second-order valence-corrected chi connectivity index (χ2v) is 7.82. The van der Waals surface area contributed by atoms with Crippen molar-refractivity contribution in [2.24, 2.45) is 0 Å². The fourth-order valence-electron chi connectivity index (χ4n) is 2.74. The summed E-state index contributed by atoms with van der Waals surface area (Å²) in [6, 6.07) is 20.9. The van der Waals surface area contributed by atoms with E-state index >= 15 is 0 Å². The Balaban J connectivity index is 2.05. The lowest BCUT2D eigenvalue weighted by molar-refractivity contribution is 0.591. The Morgan fingerprint density at radius 1 is 0.840 bits per heavy atom. The smallest absolute Gasteiger partial charge is 0.224 e. The minimum atomic E-state index is -3.78. The van der Waals surface area contributed by atoms with Gasteiger partial charge in [-0.3, -0.25) is 4.40 Å². The van der Waals surface area contributed by atoms with Gasteiger partial charge in [-0.25, -0.2) is 13.4 Å². The molecule has 4 aromatic rings. The molecular formula is C19H13ClN2O2S. The van der Waals surface area contributed by atoms with Crippen LogP contribution < -0.4 is 0 Å². The molecular weight excluding hydrogens is 356 g/mol. The first kappa shape index (κ1) is 15.9. The van der Waals surface area contributed by atoms with E-state index in [1.807, 2.05) is 36.4 Å². The predicted molar refractivity (Wildman–Crippen MR) is 97.5 cm³/mol. The van der Waals surface area contributed by atoms with Crippen molar-refractivity contribution in [3.63, 3.8) is 0 Å². The molecule has 2 aromatic heterocycles. The van der Waals surface area contributed by atoms with E-state index in [0.29, 0.717) is 16.4 Å². The molecule has 0 spiro atoms. The van der Waals surface area contributed by atoms with Crippen molar-refractivity contribution in [1.29, 1.82) is 0 Å². The molecule has 0 unspecified atom stereocenters. The van der Waals surface area contributed by atoms with Crippen molar-refractivity contribution in [3.8, 4) is 11.3 Å². The molecule has 124 valence electrons. The molecule has 0 bridgehead atoms. The van der Waals surface area contributed by atoms with Gasteiger partial charge in [-0.15, -0.1) is 0 Å². The number of fused-ring (bicyclic) bond motifs is 1. The molecule has 0 radical (unpaired) electrons. The van der Waals surface area contributed by atoms with Gasteiger partial charge in [0.15, 0.2) is 5.03 Å². The van der Waals surface area contributed by atoms with Crippen molar-refractivity contribution >= 4 is 27.1 Å². The largest absolute Gasteiger partial charge is 0.290 e. The van der Waals surface area contributed by atoms with Crippen LogP contribution >= 0.6 is 11.6 Å². The molecule has 25 heavy (non-hydrogen) atoms. The van der Waals surface area contributed by atoms with Gasteiger partial charge < -0.3 is 0 Å². The van der Waals surface area contributed by atoms with Crippen LogP contribution in [0.2, 0.25) is 5.02 Å². The maximum absolute atomic E-state index is 13.3. The Labute approximate surface area is 150 Å². The lowest BCUT2D eigenvalue weighted by Gasteiger charge is -2.07. The summed E-state index contributed by atoms with van der Waals surface area (Å²) in [5.41, 5.74) is 1.76. The number of hydrogen-bond acceptors (Lipinski definition) is 3. The van der Waals surface area contributed by atoms with Crippen molar-refractivity contribution in [3.05, 3.63) is 84.0 Å². The monoisotopic (exact) mass is 368 g/mol. The number of nitrogens with zero attached hydrogens (tertiary/aromatic N) is 2. The lowest BCUT2D eigenvalue weighted by Crippen LogP contribution is -2.07. The molecule has 0 fully saturated rings. The average molecular weight is 369 g/mol. The van der Waals surface area contributed by atoms with E-state index in [1.165, 1.54) is 12.1 Å². The number of sulfone groups is 1. The Bertz CT molecular complexity index is 1150. The van der Waals surface area contributed by atoms with Crippen molar-refractivity contribution in [2.45, 2.75) is 9.92 Å². The third-order valence-electron chi connectivity index (χ3n) is 3.91. The second-order valence-electron chi connectivity index (χ2n) is 5.52. The van der Waals surface area contributed by atoms with Gasteiger partial charge in [0, 0.05) is 16.8 Å². The van der Waals surface area contributed by atoms with Gasteiger partial charge in [-0.2, -0.15) is 0 Å². The number of imidazole rings is 1. The SMILES string of the molecule is O=S(=O)(c1ccc(Cl)cc1)c1c(-c2ccccc2)nc2ccccn12. The van der Waals surface area contributed by atoms with Gasteiger partial charge in [0.25, 0.3) is 0 Å². The molecule has 0 aliphatic carbocycles. The summed E-state index contributed by atoms with van der Waals surface area (Å²) in [7, 11) is -3.78. The minimum Gasteiger partial charge on any atom is -0.290 e. The number of halogens is 1. The summed E-state index contributed by atoms with van der Waals surface area (Å²) in [4.78, 5) is 4.73. The van der Waals surface area contributed by atoms with E-state index < -0.39 is 9.84 Å². The van der Waals surface area contributed by atoms with Crippen molar-refractivity contribution < 1.29 is 8.42 Å². The fourth-order valence-corrected chi connectivity index (χ4v) is 4.41. The van der Waals surface area contributed by atoms with Crippen molar-refractivity contribution in [2.75, 3.05) is 0 Å². The summed E-state index contributed by atoms with van der Waals surface area (Å²) in [5.74, 6) is 0. The molecule has 0 saturated carbocycles. The van der Waals surface area contributed by atoms with Crippen molar-refractivity contribution in [1.82, 2.24) is 9.38 Å². The van der Waals surface area contributed by atoms with Crippen LogP contribution in [0.5, 0.6) is 0 Å². The van der Waals surface area contributed by atoms with Crippen LogP contribution in [0.3, 0.4) is 0 Å². The van der Waals surface area contributed by atoms with Gasteiger partial charge >= 0.3 is 0 Å². The molecule has 0 N–H and O–H groups in total. The van der Waals surface area contributed by atoms with Gasteiger partial charge in [-0.1, -0.05) is 48.0 Å². The number of aromatic nitrogens is 2. The molecule has 4 nitrogen and oxygen atoms in total. The maximum atomic E-state index is 13.3. The molecule has 2 heterocycles. The predicted octanol–water partition coefficient (Wildman–Crippen LogP) is 4.49. The van der Waals surface area contributed by atoms with Crippen LogP contribution in [-0.2, 0) is 9.84 Å². The van der Waals surface area contributed by atoms with E-state index in [4.69, 9.17) is 11.6 Å². The summed E-state index contributed by atoms with van der Waals surface area (Å²) in [5, 5.41) is 0.636. The Hall–Kier alpha value is -2.63. The molecule has 0 atom stereocenters. The standard InChI is InChI=1S/C19H13ClN2O2S/c20-15-9-11-16(12-10-15)25(23,24)19-18(14-6-2-1-3-7-14)21-17-8-4-5-13-22(17)19/h1-13H. The highest BCUT2D eigenvalue weighted by atomic mass is 35.5. The number of hydrogen-bond donors (Lipinski definition) is 0. The third kappa shape index (κ3) is 2.71. The van der Waals surface area contributed by atoms with E-state index in [2.05, 4.69) is 4.98 Å². The summed E-state index contributed by atoms with van der Waals surface area (Å²) in [6.45, 7) is 0. The fraction of sp³-hybridized carbons (Fsp3) is 0. The van der Waals surface area contributed by atoms with Crippen LogP contribution in [0.15, 0.2) is 88.9 Å². The van der Waals surface area contributed by atoms with Gasteiger partial charge in [0.05, 0.1) is 4.90 Å². The normalized spacial score (nSPS) is 11.7. The third-order valence-corrected chi connectivity index (χ3v) is 5.96. The Kier molecular flexibility index (Phi) is 3.82. The minimum absolute atomic E-state index is 0.150. The summed E-state index contributed by atoms with van der Waals surface area (Å²) >= 11 is 5.90. The van der Waals surface area contributed by atoms with Crippen LogP contribution in [0.25, 0.3) is 16.9 Å². The Morgan fingerprint density at radius 3 is 2.24 bits per heavy atom. The van der Waals surface area contributed by atoms with E-state index in [9.17, 15) is 8.42 Å². The second kappa shape index (κ2) is 6.02. The highest BCUT2D eigenvalue weighted by Crippen LogP contribution is 2.32. The Morgan fingerprint density at radius 2 is 1.52 bits per heavy atom. The van der Waals surface area contributed by atoms with Crippen LogP contribution in [0.4, 0.5) is 0 Å². The maximum Gasteiger partial charge on any atom is 0.224 e. The van der Waals surface area contributed by atoms with Gasteiger partial charge in [0.1, 0.15) is 11.3 Å². The molecule has 2 aromatic carbocycles. The number of rotatable bonds is 3. The van der Waals surface area contributed by atoms with E-state index in [1.54, 1.807) is 34.9 Å². The quantitative estimate of drug-likeness (QED) is 0.535. The molecule has 0 aliphatic rings. The van der Waals surface area contributed by atoms with Gasteiger partial charge in [0.2, 0.25) is 9.84 Å². The highest BCUT2D eigenvalue weighted by molar-refractivity contribution is 7.91. The molecule has 0 aliphatic heterocycles. The highest BCUT2D eigenvalue weighted by Gasteiger charge is 2.27. The number of benzene rings is 2. The number of pyridine rings is 1. The summed E-state index contributed by atoms with van der Waals surface area (Å²) in [6.07, 6.45) is 1.71. The van der Waals surface area contributed by atoms with Gasteiger partial charge in [-0.05, 0) is 36.4 Å². The van der Waals surface area contributed by atoms with Crippen LogP contribution in [-0.4, -0.2) is 17.8 Å². The zero-order valence-corrected chi connectivity index (χ0v) is 14.6. The molecule has 0 amide bonds. The molecule has 6 heteroatoms. The zero-order valence-electron chi connectivity index (χ0n) is 13.0. The molecule has 0 saturated heterocycles. The first-order valence-corrected chi connectivity index (χ1v) is 9.47. The first-order chi connectivity index (χ1) is 12.1. The molecule has 4 rings (SSSR count). The topological polar surface area (TPSA) is 51.4 Å². The summed E-state index contributed by atoms with van der Waals surface area (Å²) < 4.78 is 28.2. The van der Waals surface area contributed by atoms with E-state index in [-0.39, 0.29) is 9.92 Å². The average Bonchev–Trinajstić information content (AvgIpc) is 3.03. The first-order valence-electron chi connectivity index (χ1n) is 7.60. The zero-order chi connectivity index (χ0) is 17.4. The van der Waals surface area contributed by atoms with Crippen LogP contribution in [0, 0.1) is 0 Å². The van der Waals surface area contributed by atoms with E-state index in [0.717, 1.165) is 5.56 Å². The lowest BCUT2D eigenvalue weighted by atomic mass is 10.2. The van der Waals surface area contributed by atoms with Crippen LogP contribution in [0.1, 0.15) is 0 Å².